The average Bonchev–Trinajstić information content (AvgIpc) is 3.24. The molecule has 0 aliphatic carbocycles. The molecule has 1 saturated heterocycles. The Hall–Kier alpha value is -3.41. The van der Waals surface area contributed by atoms with Crippen molar-refractivity contribution >= 4 is 11.8 Å². The Kier molecular flexibility index (Phi) is 5.89. The standard InChI is InChI=1S/C25H28N4O2/c1-18(2)24(30)27-13-15-28(16-14-27)25(31)22-17-29(20-10-5-4-6-11-20)26-23(22)21-12-8-7-9-19(21)3/h4-12,17-18H,13-16H2,1-3H3. The lowest BCUT2D eigenvalue weighted by molar-refractivity contribution is -0.135. The first kappa shape index (κ1) is 20.8. The van der Waals surface area contributed by atoms with Crippen LogP contribution in [0.3, 0.4) is 0 Å². The number of nitrogens with zero attached hydrogens (tertiary/aromatic N) is 4. The molecule has 0 N–H and O–H groups in total. The van der Waals surface area contributed by atoms with Gasteiger partial charge in [-0.3, -0.25) is 9.59 Å². The van der Waals surface area contributed by atoms with E-state index < -0.39 is 0 Å². The third-order valence-electron chi connectivity index (χ3n) is 5.74. The molecule has 2 heterocycles. The second kappa shape index (κ2) is 8.76. The molecule has 4 rings (SSSR count). The maximum atomic E-state index is 13.5. The van der Waals surface area contributed by atoms with Crippen LogP contribution in [-0.2, 0) is 4.79 Å². The van der Waals surface area contributed by atoms with E-state index in [1.807, 2.05) is 91.4 Å². The van der Waals surface area contributed by atoms with Crippen molar-refractivity contribution in [2.45, 2.75) is 20.8 Å². The SMILES string of the molecule is Cc1ccccc1-c1nn(-c2ccccc2)cc1C(=O)N1CCN(C(=O)C(C)C)CC1. The number of amides is 2. The molecule has 0 saturated carbocycles. The maximum Gasteiger partial charge on any atom is 0.257 e. The van der Waals surface area contributed by atoms with E-state index in [1.165, 1.54) is 0 Å². The van der Waals surface area contributed by atoms with E-state index >= 15 is 0 Å². The van der Waals surface area contributed by atoms with Gasteiger partial charge in [0.25, 0.3) is 5.91 Å². The summed E-state index contributed by atoms with van der Waals surface area (Å²) in [4.78, 5) is 29.5. The van der Waals surface area contributed by atoms with Gasteiger partial charge in [0.15, 0.2) is 0 Å². The van der Waals surface area contributed by atoms with E-state index in [2.05, 4.69) is 0 Å². The second-order valence-corrected chi connectivity index (χ2v) is 8.26. The first-order valence-electron chi connectivity index (χ1n) is 10.7. The van der Waals surface area contributed by atoms with Crippen molar-refractivity contribution in [1.82, 2.24) is 19.6 Å². The molecule has 1 fully saturated rings. The van der Waals surface area contributed by atoms with Crippen LogP contribution < -0.4 is 0 Å². The summed E-state index contributed by atoms with van der Waals surface area (Å²) in [6.07, 6.45) is 1.82. The van der Waals surface area contributed by atoms with E-state index in [-0.39, 0.29) is 17.7 Å². The zero-order chi connectivity index (χ0) is 22.0. The van der Waals surface area contributed by atoms with E-state index in [4.69, 9.17) is 5.10 Å². The number of para-hydroxylation sites is 1. The summed E-state index contributed by atoms with van der Waals surface area (Å²) in [5, 5.41) is 4.80. The van der Waals surface area contributed by atoms with E-state index in [0.29, 0.717) is 37.4 Å². The third kappa shape index (κ3) is 4.24. The zero-order valence-electron chi connectivity index (χ0n) is 18.3. The van der Waals surface area contributed by atoms with Gasteiger partial charge in [-0.1, -0.05) is 56.3 Å². The Morgan fingerprint density at radius 3 is 2.13 bits per heavy atom. The minimum absolute atomic E-state index is 0.0287. The molecular formula is C25H28N4O2. The first-order valence-corrected chi connectivity index (χ1v) is 10.7. The number of rotatable bonds is 4. The number of hydrogen-bond acceptors (Lipinski definition) is 3. The molecule has 160 valence electrons. The van der Waals surface area contributed by atoms with Gasteiger partial charge in [0.1, 0.15) is 5.69 Å². The molecule has 6 heteroatoms. The summed E-state index contributed by atoms with van der Waals surface area (Å²) >= 11 is 0. The number of aryl methyl sites for hydroxylation is 1. The monoisotopic (exact) mass is 416 g/mol. The smallest absolute Gasteiger partial charge is 0.257 e. The van der Waals surface area contributed by atoms with Crippen molar-refractivity contribution < 1.29 is 9.59 Å². The highest BCUT2D eigenvalue weighted by atomic mass is 16.2. The summed E-state index contributed by atoms with van der Waals surface area (Å²) in [5.41, 5.74) is 4.20. The van der Waals surface area contributed by atoms with Gasteiger partial charge in [0, 0.05) is 43.9 Å². The molecule has 1 aromatic heterocycles. The minimum atomic E-state index is -0.0444. The highest BCUT2D eigenvalue weighted by Gasteiger charge is 2.29. The Bertz CT molecular complexity index is 1080. The zero-order valence-corrected chi connectivity index (χ0v) is 18.3. The first-order chi connectivity index (χ1) is 15.0. The van der Waals surface area contributed by atoms with Crippen molar-refractivity contribution in [1.29, 1.82) is 0 Å². The molecule has 6 nitrogen and oxygen atoms in total. The quantitative estimate of drug-likeness (QED) is 0.650. The topological polar surface area (TPSA) is 58.4 Å². The summed E-state index contributed by atoms with van der Waals surface area (Å²) in [6.45, 7) is 8.03. The van der Waals surface area contributed by atoms with Crippen molar-refractivity contribution in [2.24, 2.45) is 5.92 Å². The maximum absolute atomic E-state index is 13.5. The molecule has 2 aromatic carbocycles. The Morgan fingerprint density at radius 1 is 0.871 bits per heavy atom. The largest absolute Gasteiger partial charge is 0.339 e. The fourth-order valence-electron chi connectivity index (χ4n) is 3.95. The minimum Gasteiger partial charge on any atom is -0.339 e. The molecule has 3 aromatic rings. The normalized spacial score (nSPS) is 14.2. The van der Waals surface area contributed by atoms with E-state index in [9.17, 15) is 9.59 Å². The number of benzene rings is 2. The molecule has 0 unspecified atom stereocenters. The summed E-state index contributed by atoms with van der Waals surface area (Å²) in [7, 11) is 0. The number of aromatic nitrogens is 2. The Labute approximate surface area is 183 Å². The van der Waals surface area contributed by atoms with Gasteiger partial charge in [-0.2, -0.15) is 5.10 Å². The van der Waals surface area contributed by atoms with Gasteiger partial charge in [-0.25, -0.2) is 4.68 Å². The molecule has 0 bridgehead atoms. The molecule has 1 aliphatic rings. The van der Waals surface area contributed by atoms with Gasteiger partial charge in [0.2, 0.25) is 5.91 Å². The molecular weight excluding hydrogens is 388 g/mol. The average molecular weight is 417 g/mol. The Balaban J connectivity index is 1.66. The molecule has 2 amide bonds. The van der Waals surface area contributed by atoms with Crippen molar-refractivity contribution in [3.63, 3.8) is 0 Å². The molecule has 0 spiro atoms. The highest BCUT2D eigenvalue weighted by molar-refractivity contribution is 6.00. The van der Waals surface area contributed by atoms with Gasteiger partial charge in [-0.05, 0) is 24.6 Å². The highest BCUT2D eigenvalue weighted by Crippen LogP contribution is 2.28. The van der Waals surface area contributed by atoms with Gasteiger partial charge >= 0.3 is 0 Å². The fourth-order valence-corrected chi connectivity index (χ4v) is 3.95. The van der Waals surface area contributed by atoms with Crippen molar-refractivity contribution in [3.8, 4) is 16.9 Å². The van der Waals surface area contributed by atoms with Crippen molar-refractivity contribution in [3.05, 3.63) is 71.9 Å². The van der Waals surface area contributed by atoms with Gasteiger partial charge in [-0.15, -0.1) is 0 Å². The van der Waals surface area contributed by atoms with Crippen LogP contribution in [0, 0.1) is 12.8 Å². The Morgan fingerprint density at radius 2 is 1.48 bits per heavy atom. The summed E-state index contributed by atoms with van der Waals surface area (Å²) in [5.74, 6) is 0.0701. The number of piperazine rings is 1. The number of hydrogen-bond donors (Lipinski definition) is 0. The fraction of sp³-hybridized carbons (Fsp3) is 0.320. The van der Waals surface area contributed by atoms with Gasteiger partial charge in [0.05, 0.1) is 11.3 Å². The number of carbonyl (C=O) groups excluding carboxylic acids is 2. The predicted octanol–water partition coefficient (Wildman–Crippen LogP) is 3.79. The molecule has 0 atom stereocenters. The van der Waals surface area contributed by atoms with Crippen LogP contribution >= 0.6 is 0 Å². The van der Waals surface area contributed by atoms with Crippen LogP contribution in [0.4, 0.5) is 0 Å². The van der Waals surface area contributed by atoms with Crippen LogP contribution in [0.15, 0.2) is 60.8 Å². The van der Waals surface area contributed by atoms with Gasteiger partial charge < -0.3 is 9.80 Å². The van der Waals surface area contributed by atoms with E-state index in [1.54, 1.807) is 4.68 Å². The van der Waals surface area contributed by atoms with Crippen molar-refractivity contribution in [2.75, 3.05) is 26.2 Å². The summed E-state index contributed by atoms with van der Waals surface area (Å²) < 4.78 is 1.77. The lowest BCUT2D eigenvalue weighted by atomic mass is 10.0. The van der Waals surface area contributed by atoms with Crippen LogP contribution in [0.25, 0.3) is 16.9 Å². The molecule has 31 heavy (non-hydrogen) atoms. The lowest BCUT2D eigenvalue weighted by Crippen LogP contribution is -2.51. The molecule has 1 aliphatic heterocycles. The molecule has 0 radical (unpaired) electrons. The van der Waals surface area contributed by atoms with E-state index in [0.717, 1.165) is 16.8 Å². The third-order valence-corrected chi connectivity index (χ3v) is 5.74. The predicted molar refractivity (Wildman–Crippen MR) is 121 cm³/mol. The second-order valence-electron chi connectivity index (χ2n) is 8.26. The van der Waals surface area contributed by atoms with Crippen LogP contribution in [-0.4, -0.2) is 57.6 Å². The van der Waals surface area contributed by atoms with Crippen LogP contribution in [0.2, 0.25) is 0 Å². The number of carbonyl (C=O) groups is 2. The van der Waals surface area contributed by atoms with Crippen LogP contribution in [0.5, 0.6) is 0 Å². The lowest BCUT2D eigenvalue weighted by Gasteiger charge is -2.35. The van der Waals surface area contributed by atoms with Crippen LogP contribution in [0.1, 0.15) is 29.8 Å². The summed E-state index contributed by atoms with van der Waals surface area (Å²) in [6, 6.07) is 17.8.